The van der Waals surface area contributed by atoms with Crippen molar-refractivity contribution in [2.24, 2.45) is 5.16 Å². The molecule has 1 aromatic heterocycles. The van der Waals surface area contributed by atoms with Crippen LogP contribution in [0.2, 0.25) is 5.02 Å². The Labute approximate surface area is 165 Å². The highest BCUT2D eigenvalue weighted by molar-refractivity contribution is 6.30. The van der Waals surface area contributed by atoms with E-state index in [1.165, 1.54) is 12.3 Å². The molecule has 1 amide bonds. The number of oxime groups is 1. The molecule has 3 rings (SSSR count). The SMILES string of the molecule is C/C(=N\OCC(=O)OCC(=O)Nc1ccc(Cl)cn1)c1ccc2c(c1)OCO2. The first kappa shape index (κ1) is 19.4. The highest BCUT2D eigenvalue weighted by Crippen LogP contribution is 2.32. The Kier molecular flexibility index (Phi) is 6.28. The van der Waals surface area contributed by atoms with Crippen molar-refractivity contribution in [3.63, 3.8) is 0 Å². The quantitative estimate of drug-likeness (QED) is 0.428. The molecule has 0 bridgehead atoms. The molecule has 146 valence electrons. The van der Waals surface area contributed by atoms with E-state index in [9.17, 15) is 9.59 Å². The van der Waals surface area contributed by atoms with Crippen molar-refractivity contribution in [3.05, 3.63) is 47.1 Å². The van der Waals surface area contributed by atoms with E-state index in [0.29, 0.717) is 28.1 Å². The fourth-order valence-electron chi connectivity index (χ4n) is 2.17. The van der Waals surface area contributed by atoms with Gasteiger partial charge < -0.3 is 24.4 Å². The van der Waals surface area contributed by atoms with Gasteiger partial charge in [-0.1, -0.05) is 16.8 Å². The van der Waals surface area contributed by atoms with E-state index < -0.39 is 25.1 Å². The lowest BCUT2D eigenvalue weighted by atomic mass is 10.1. The van der Waals surface area contributed by atoms with Gasteiger partial charge in [-0.05, 0) is 37.3 Å². The summed E-state index contributed by atoms with van der Waals surface area (Å²) in [4.78, 5) is 32.2. The van der Waals surface area contributed by atoms with Gasteiger partial charge in [-0.2, -0.15) is 0 Å². The molecule has 0 saturated heterocycles. The summed E-state index contributed by atoms with van der Waals surface area (Å²) in [5.41, 5.74) is 1.30. The molecule has 0 atom stereocenters. The summed E-state index contributed by atoms with van der Waals surface area (Å²) in [5.74, 6) is 0.302. The van der Waals surface area contributed by atoms with Crippen LogP contribution in [0.15, 0.2) is 41.7 Å². The van der Waals surface area contributed by atoms with E-state index in [1.807, 2.05) is 0 Å². The zero-order chi connectivity index (χ0) is 19.9. The molecule has 9 nitrogen and oxygen atoms in total. The maximum absolute atomic E-state index is 11.7. The fourth-order valence-corrected chi connectivity index (χ4v) is 2.28. The molecule has 0 unspecified atom stereocenters. The molecule has 0 fully saturated rings. The summed E-state index contributed by atoms with van der Waals surface area (Å²) in [7, 11) is 0. The number of benzene rings is 1. The number of ether oxygens (including phenoxy) is 3. The summed E-state index contributed by atoms with van der Waals surface area (Å²) in [5, 5.41) is 6.77. The van der Waals surface area contributed by atoms with Crippen LogP contribution >= 0.6 is 11.6 Å². The number of nitrogens with zero attached hydrogens (tertiary/aromatic N) is 2. The van der Waals surface area contributed by atoms with Crippen molar-refractivity contribution in [1.29, 1.82) is 0 Å². The maximum atomic E-state index is 11.7. The lowest BCUT2D eigenvalue weighted by Crippen LogP contribution is -2.23. The highest BCUT2D eigenvalue weighted by Gasteiger charge is 2.14. The Morgan fingerprint density at radius 1 is 1.21 bits per heavy atom. The second kappa shape index (κ2) is 9.05. The van der Waals surface area contributed by atoms with E-state index in [4.69, 9.17) is 30.6 Å². The van der Waals surface area contributed by atoms with Gasteiger partial charge in [-0.3, -0.25) is 4.79 Å². The third-order valence-electron chi connectivity index (χ3n) is 3.53. The summed E-state index contributed by atoms with van der Waals surface area (Å²) in [6, 6.07) is 8.42. The minimum absolute atomic E-state index is 0.180. The van der Waals surface area contributed by atoms with Gasteiger partial charge in [0.25, 0.3) is 5.91 Å². The van der Waals surface area contributed by atoms with E-state index in [0.717, 1.165) is 5.56 Å². The smallest absolute Gasteiger partial charge is 0.347 e. The molecule has 2 aromatic rings. The molecular weight excluding hydrogens is 390 g/mol. The number of carbonyl (C=O) groups excluding carboxylic acids is 2. The first-order valence-electron chi connectivity index (χ1n) is 8.15. The van der Waals surface area contributed by atoms with Gasteiger partial charge in [0.2, 0.25) is 13.4 Å². The number of hydrogen-bond acceptors (Lipinski definition) is 8. The molecule has 0 radical (unpaired) electrons. The summed E-state index contributed by atoms with van der Waals surface area (Å²) < 4.78 is 15.3. The first-order valence-corrected chi connectivity index (χ1v) is 8.52. The normalized spacial score (nSPS) is 12.4. The number of halogens is 1. The van der Waals surface area contributed by atoms with Crippen LogP contribution in [-0.4, -0.2) is 42.6 Å². The monoisotopic (exact) mass is 405 g/mol. The molecule has 28 heavy (non-hydrogen) atoms. The number of pyridine rings is 1. The molecule has 0 spiro atoms. The molecule has 1 N–H and O–H groups in total. The van der Waals surface area contributed by atoms with Crippen LogP contribution in [-0.2, 0) is 19.2 Å². The van der Waals surface area contributed by atoms with Crippen molar-refractivity contribution in [2.45, 2.75) is 6.92 Å². The van der Waals surface area contributed by atoms with Crippen LogP contribution in [0, 0.1) is 0 Å². The standard InChI is InChI=1S/C18H16ClN3O6/c1-11(12-2-4-14-15(6-12)27-10-26-14)22-28-9-18(24)25-8-17(23)21-16-5-3-13(19)7-20-16/h2-7H,8-10H2,1H3,(H,20,21,23)/b22-11+. The first-order chi connectivity index (χ1) is 13.5. The Morgan fingerprint density at radius 2 is 2.04 bits per heavy atom. The van der Waals surface area contributed by atoms with Gasteiger partial charge >= 0.3 is 5.97 Å². The minimum atomic E-state index is -0.735. The molecular formula is C18H16ClN3O6. The van der Waals surface area contributed by atoms with Gasteiger partial charge in [0.1, 0.15) is 5.82 Å². The molecule has 1 aromatic carbocycles. The highest BCUT2D eigenvalue weighted by atomic mass is 35.5. The Hall–Kier alpha value is -3.33. The number of anilines is 1. The van der Waals surface area contributed by atoms with E-state index >= 15 is 0 Å². The Bertz CT molecular complexity index is 901. The zero-order valence-corrected chi connectivity index (χ0v) is 15.6. The Balaban J connectivity index is 1.40. The largest absolute Gasteiger partial charge is 0.454 e. The van der Waals surface area contributed by atoms with E-state index in [2.05, 4.69) is 15.5 Å². The van der Waals surface area contributed by atoms with Crippen molar-refractivity contribution < 1.29 is 28.6 Å². The van der Waals surface area contributed by atoms with Crippen molar-refractivity contribution in [2.75, 3.05) is 25.3 Å². The van der Waals surface area contributed by atoms with E-state index in [-0.39, 0.29) is 6.79 Å². The molecule has 2 heterocycles. The predicted octanol–water partition coefficient (Wildman–Crippen LogP) is 2.39. The number of amides is 1. The van der Waals surface area contributed by atoms with E-state index in [1.54, 1.807) is 31.2 Å². The van der Waals surface area contributed by atoms with Gasteiger partial charge in [-0.15, -0.1) is 0 Å². The number of nitrogens with one attached hydrogen (secondary N) is 1. The van der Waals surface area contributed by atoms with Crippen LogP contribution in [0.5, 0.6) is 11.5 Å². The third kappa shape index (κ3) is 5.34. The van der Waals surface area contributed by atoms with Crippen molar-refractivity contribution >= 4 is 35.0 Å². The van der Waals surface area contributed by atoms with Crippen LogP contribution in [0.3, 0.4) is 0 Å². The number of fused-ring (bicyclic) bond motifs is 1. The predicted molar refractivity (Wildman–Crippen MR) is 99.6 cm³/mol. The zero-order valence-electron chi connectivity index (χ0n) is 14.8. The molecule has 10 heteroatoms. The van der Waals surface area contributed by atoms with Gasteiger partial charge in [0.05, 0.1) is 10.7 Å². The Morgan fingerprint density at radius 3 is 2.82 bits per heavy atom. The lowest BCUT2D eigenvalue weighted by Gasteiger charge is -2.06. The lowest BCUT2D eigenvalue weighted by molar-refractivity contribution is -0.151. The number of rotatable bonds is 7. The van der Waals surface area contributed by atoms with Crippen molar-refractivity contribution in [1.82, 2.24) is 4.98 Å². The summed E-state index contributed by atoms with van der Waals surface area (Å²) >= 11 is 5.70. The summed E-state index contributed by atoms with van der Waals surface area (Å²) in [6.45, 7) is 0.986. The summed E-state index contributed by atoms with van der Waals surface area (Å²) in [6.07, 6.45) is 1.39. The van der Waals surface area contributed by atoms with Crippen LogP contribution in [0.25, 0.3) is 0 Å². The molecule has 1 aliphatic rings. The average molecular weight is 406 g/mol. The maximum Gasteiger partial charge on any atom is 0.347 e. The number of hydrogen-bond donors (Lipinski definition) is 1. The number of aromatic nitrogens is 1. The van der Waals surface area contributed by atoms with Crippen LogP contribution in [0.4, 0.5) is 5.82 Å². The second-order valence-electron chi connectivity index (χ2n) is 5.59. The third-order valence-corrected chi connectivity index (χ3v) is 3.76. The van der Waals surface area contributed by atoms with Gasteiger partial charge in [0.15, 0.2) is 18.1 Å². The van der Waals surface area contributed by atoms with Crippen LogP contribution < -0.4 is 14.8 Å². The topological polar surface area (TPSA) is 108 Å². The van der Waals surface area contributed by atoms with Gasteiger partial charge in [0, 0.05) is 11.8 Å². The minimum Gasteiger partial charge on any atom is -0.454 e. The molecule has 0 saturated carbocycles. The average Bonchev–Trinajstić information content (AvgIpc) is 3.16. The van der Waals surface area contributed by atoms with Gasteiger partial charge in [-0.25, -0.2) is 9.78 Å². The van der Waals surface area contributed by atoms with Crippen LogP contribution in [0.1, 0.15) is 12.5 Å². The fraction of sp³-hybridized carbons (Fsp3) is 0.222. The number of carbonyl (C=O) groups is 2. The molecule has 0 aliphatic carbocycles. The number of esters is 1. The molecule has 1 aliphatic heterocycles. The van der Waals surface area contributed by atoms with Crippen molar-refractivity contribution in [3.8, 4) is 11.5 Å². The second-order valence-corrected chi connectivity index (χ2v) is 6.03.